The first-order chi connectivity index (χ1) is 15.7. The van der Waals surface area contributed by atoms with Gasteiger partial charge in [0, 0.05) is 42.1 Å². The molecule has 0 spiro atoms. The van der Waals surface area contributed by atoms with Crippen LogP contribution in [-0.4, -0.2) is 27.6 Å². The number of anilines is 3. The predicted molar refractivity (Wildman–Crippen MR) is 130 cm³/mol. The lowest BCUT2D eigenvalue weighted by Gasteiger charge is -2.28. The number of fused-ring (bicyclic) bond motifs is 1. The third kappa shape index (κ3) is 4.35. The summed E-state index contributed by atoms with van der Waals surface area (Å²) in [5, 5.41) is 4.12. The molecule has 4 aromatic rings. The quantitative estimate of drug-likeness (QED) is 0.494. The van der Waals surface area contributed by atoms with Gasteiger partial charge in [-0.1, -0.05) is 29.8 Å². The molecular formula is C26H27N5O. The third-order valence-corrected chi connectivity index (χ3v) is 6.03. The van der Waals surface area contributed by atoms with Gasteiger partial charge >= 0.3 is 0 Å². The molecule has 0 aliphatic carbocycles. The van der Waals surface area contributed by atoms with Crippen LogP contribution in [0.15, 0.2) is 71.7 Å². The second-order valence-corrected chi connectivity index (χ2v) is 8.44. The van der Waals surface area contributed by atoms with E-state index in [2.05, 4.69) is 63.5 Å². The van der Waals surface area contributed by atoms with E-state index in [1.54, 1.807) is 22.9 Å². The second kappa shape index (κ2) is 8.83. The number of hydrogen-bond acceptors (Lipinski definition) is 5. The average molecular weight is 426 g/mol. The molecule has 0 atom stereocenters. The highest BCUT2D eigenvalue weighted by atomic mass is 16.1. The molecule has 6 nitrogen and oxygen atoms in total. The first-order valence-electron chi connectivity index (χ1n) is 11.2. The van der Waals surface area contributed by atoms with Crippen molar-refractivity contribution in [1.29, 1.82) is 0 Å². The number of rotatable bonds is 5. The Bertz CT molecular complexity index is 1270. The second-order valence-electron chi connectivity index (χ2n) is 8.44. The molecule has 1 aliphatic heterocycles. The van der Waals surface area contributed by atoms with E-state index in [1.165, 1.54) is 30.5 Å². The van der Waals surface area contributed by atoms with E-state index in [9.17, 15) is 4.79 Å². The minimum atomic E-state index is -0.0754. The van der Waals surface area contributed by atoms with Gasteiger partial charge in [0.25, 0.3) is 5.56 Å². The number of aromatic nitrogens is 3. The monoisotopic (exact) mass is 425 g/mol. The van der Waals surface area contributed by atoms with Crippen LogP contribution in [0, 0.1) is 6.92 Å². The largest absolute Gasteiger partial charge is 0.372 e. The minimum absolute atomic E-state index is 0.0754. The Morgan fingerprint density at radius 3 is 2.41 bits per heavy atom. The first-order valence-corrected chi connectivity index (χ1v) is 11.2. The number of benzene rings is 2. The summed E-state index contributed by atoms with van der Waals surface area (Å²) in [6.45, 7) is 4.77. The number of aryl methyl sites for hydroxylation is 1. The summed E-state index contributed by atoms with van der Waals surface area (Å²) >= 11 is 0. The fraction of sp³-hybridized carbons (Fsp3) is 0.269. The molecule has 162 valence electrons. The fourth-order valence-corrected chi connectivity index (χ4v) is 4.20. The van der Waals surface area contributed by atoms with Crippen LogP contribution < -0.4 is 15.8 Å². The van der Waals surface area contributed by atoms with E-state index < -0.39 is 0 Å². The van der Waals surface area contributed by atoms with Crippen LogP contribution in [0.1, 0.15) is 30.4 Å². The van der Waals surface area contributed by atoms with Crippen LogP contribution in [-0.2, 0) is 6.54 Å². The van der Waals surface area contributed by atoms with Gasteiger partial charge in [-0.05, 0) is 62.1 Å². The van der Waals surface area contributed by atoms with Gasteiger partial charge in [-0.2, -0.15) is 4.98 Å². The normalized spacial score (nSPS) is 14.0. The Morgan fingerprint density at radius 2 is 1.66 bits per heavy atom. The molecule has 0 amide bonds. The molecule has 0 bridgehead atoms. The summed E-state index contributed by atoms with van der Waals surface area (Å²) in [6.07, 6.45) is 5.60. The van der Waals surface area contributed by atoms with Crippen LogP contribution >= 0.6 is 0 Å². The van der Waals surface area contributed by atoms with Gasteiger partial charge in [0.2, 0.25) is 5.95 Å². The van der Waals surface area contributed by atoms with Gasteiger partial charge in [0.05, 0.1) is 6.54 Å². The number of nitrogens with zero attached hydrogens (tertiary/aromatic N) is 4. The molecule has 2 aromatic heterocycles. The smallest absolute Gasteiger partial charge is 0.252 e. The number of pyridine rings is 1. The molecule has 1 N–H and O–H groups in total. The zero-order valence-corrected chi connectivity index (χ0v) is 18.3. The van der Waals surface area contributed by atoms with Crippen LogP contribution in [0.3, 0.4) is 0 Å². The zero-order valence-electron chi connectivity index (χ0n) is 18.3. The molecule has 3 heterocycles. The van der Waals surface area contributed by atoms with Gasteiger partial charge < -0.3 is 10.2 Å². The molecule has 1 fully saturated rings. The molecule has 5 rings (SSSR count). The average Bonchev–Trinajstić information content (AvgIpc) is 2.83. The van der Waals surface area contributed by atoms with Crippen LogP contribution in [0.2, 0.25) is 0 Å². The Hall–Kier alpha value is -3.67. The molecule has 0 unspecified atom stereocenters. The van der Waals surface area contributed by atoms with Crippen molar-refractivity contribution in [2.45, 2.75) is 32.7 Å². The Balaban J connectivity index is 1.41. The summed E-state index contributed by atoms with van der Waals surface area (Å²) < 4.78 is 1.70. The molecule has 2 aromatic carbocycles. The molecule has 0 radical (unpaired) electrons. The van der Waals surface area contributed by atoms with Gasteiger partial charge in [-0.15, -0.1) is 0 Å². The van der Waals surface area contributed by atoms with Crippen LogP contribution in [0.4, 0.5) is 17.3 Å². The van der Waals surface area contributed by atoms with E-state index >= 15 is 0 Å². The maximum Gasteiger partial charge on any atom is 0.252 e. The van der Waals surface area contributed by atoms with Crippen molar-refractivity contribution in [1.82, 2.24) is 14.5 Å². The predicted octanol–water partition coefficient (Wildman–Crippen LogP) is 4.88. The van der Waals surface area contributed by atoms with Crippen molar-refractivity contribution in [2.75, 3.05) is 23.3 Å². The van der Waals surface area contributed by atoms with Gasteiger partial charge in [-0.3, -0.25) is 9.36 Å². The van der Waals surface area contributed by atoms with Crippen molar-refractivity contribution in [3.8, 4) is 0 Å². The minimum Gasteiger partial charge on any atom is -0.372 e. The van der Waals surface area contributed by atoms with Gasteiger partial charge in [0.15, 0.2) is 0 Å². The zero-order chi connectivity index (χ0) is 21.9. The highest BCUT2D eigenvalue weighted by Crippen LogP contribution is 2.23. The molecule has 32 heavy (non-hydrogen) atoms. The van der Waals surface area contributed by atoms with Crippen molar-refractivity contribution in [3.63, 3.8) is 0 Å². The van der Waals surface area contributed by atoms with E-state index in [-0.39, 0.29) is 5.56 Å². The lowest BCUT2D eigenvalue weighted by molar-refractivity contribution is 0.578. The summed E-state index contributed by atoms with van der Waals surface area (Å²) in [5.74, 6) is 0.478. The van der Waals surface area contributed by atoms with E-state index in [0.29, 0.717) is 18.1 Å². The standard InChI is InChI=1S/C26H27N5O/c1-19-5-7-20(8-6-19)18-31-24(32)14-9-21-17-27-26(29-25(21)31)28-22-10-12-23(13-11-22)30-15-3-2-4-16-30/h5-14,17H,2-4,15-16,18H2,1H3,(H,27,28,29). The van der Waals surface area contributed by atoms with Crippen LogP contribution in [0.25, 0.3) is 11.0 Å². The number of hydrogen-bond donors (Lipinski definition) is 1. The summed E-state index contributed by atoms with van der Waals surface area (Å²) in [6, 6.07) is 20.0. The number of nitrogens with one attached hydrogen (secondary N) is 1. The molecule has 0 saturated carbocycles. The van der Waals surface area contributed by atoms with Crippen molar-refractivity contribution < 1.29 is 0 Å². The van der Waals surface area contributed by atoms with Crippen molar-refractivity contribution >= 4 is 28.4 Å². The lowest BCUT2D eigenvalue weighted by atomic mass is 10.1. The maximum atomic E-state index is 12.6. The summed E-state index contributed by atoms with van der Waals surface area (Å²) in [5.41, 5.74) is 4.98. The summed E-state index contributed by atoms with van der Waals surface area (Å²) in [7, 11) is 0. The van der Waals surface area contributed by atoms with E-state index in [4.69, 9.17) is 0 Å². The van der Waals surface area contributed by atoms with E-state index in [0.717, 1.165) is 29.7 Å². The Kier molecular flexibility index (Phi) is 5.58. The SMILES string of the molecule is Cc1ccc(Cn2c(=O)ccc3cnc(Nc4ccc(N5CCCCC5)cc4)nc32)cc1. The molecule has 1 aliphatic rings. The van der Waals surface area contributed by atoms with Crippen molar-refractivity contribution in [3.05, 3.63) is 88.3 Å². The van der Waals surface area contributed by atoms with E-state index in [1.807, 2.05) is 12.1 Å². The first kappa shape index (κ1) is 20.2. The Morgan fingerprint density at radius 1 is 0.906 bits per heavy atom. The third-order valence-electron chi connectivity index (χ3n) is 6.03. The fourth-order valence-electron chi connectivity index (χ4n) is 4.20. The van der Waals surface area contributed by atoms with Gasteiger partial charge in [-0.25, -0.2) is 4.98 Å². The Labute approximate surface area is 187 Å². The molecular weight excluding hydrogens is 398 g/mol. The highest BCUT2D eigenvalue weighted by Gasteiger charge is 2.11. The highest BCUT2D eigenvalue weighted by molar-refractivity contribution is 5.76. The lowest BCUT2D eigenvalue weighted by Crippen LogP contribution is -2.29. The van der Waals surface area contributed by atoms with Crippen molar-refractivity contribution in [2.24, 2.45) is 0 Å². The topological polar surface area (TPSA) is 63.1 Å². The summed E-state index contributed by atoms with van der Waals surface area (Å²) in [4.78, 5) is 24.2. The van der Waals surface area contributed by atoms with Gasteiger partial charge in [0.1, 0.15) is 5.65 Å². The number of piperidine rings is 1. The molecule has 1 saturated heterocycles. The maximum absolute atomic E-state index is 12.6. The molecule has 6 heteroatoms. The van der Waals surface area contributed by atoms with Crippen LogP contribution in [0.5, 0.6) is 0 Å².